The van der Waals surface area contributed by atoms with E-state index in [2.05, 4.69) is 35.7 Å². The number of benzene rings is 1. The van der Waals surface area contributed by atoms with Crippen LogP contribution < -0.4 is 0 Å². The molecule has 2 heteroatoms. The lowest BCUT2D eigenvalue weighted by molar-refractivity contribution is 0.556. The molecule has 0 unspecified atom stereocenters. The topological polar surface area (TPSA) is 12.4 Å². The first kappa shape index (κ1) is 16.5. The second-order valence-corrected chi connectivity index (χ2v) is 6.80. The van der Waals surface area contributed by atoms with E-state index in [1.54, 1.807) is 11.8 Å². The largest absolute Gasteiger partial charge is 0.272 e. The van der Waals surface area contributed by atoms with Crippen molar-refractivity contribution in [3.05, 3.63) is 23.8 Å². The van der Waals surface area contributed by atoms with Gasteiger partial charge in [-0.25, -0.2) is 0 Å². The van der Waals surface area contributed by atoms with Gasteiger partial charge in [-0.1, -0.05) is 70.8 Å². The first-order chi connectivity index (χ1) is 10.4. The molecule has 21 heavy (non-hydrogen) atoms. The lowest BCUT2D eigenvalue weighted by Gasteiger charge is -2.03. The van der Waals surface area contributed by atoms with E-state index in [1.165, 1.54) is 81.1 Å². The van der Waals surface area contributed by atoms with E-state index in [9.17, 15) is 0 Å². The highest BCUT2D eigenvalue weighted by molar-refractivity contribution is 8.12. The normalized spacial score (nSPS) is 12.4. The fourth-order valence-corrected chi connectivity index (χ4v) is 3.65. The van der Waals surface area contributed by atoms with Crippen molar-refractivity contribution >= 4 is 23.0 Å². The van der Waals surface area contributed by atoms with Crippen molar-refractivity contribution in [1.29, 1.82) is 0 Å². The van der Waals surface area contributed by atoms with Gasteiger partial charge in [0, 0.05) is 4.99 Å². The molecule has 0 atom stereocenters. The van der Waals surface area contributed by atoms with Crippen molar-refractivity contribution in [2.75, 3.05) is 0 Å². The molecule has 0 aliphatic carbocycles. The SMILES string of the molecule is CCCCCCCCCCCCc1cccc2c1S[C+]=N2. The van der Waals surface area contributed by atoms with Crippen LogP contribution in [-0.2, 0) is 6.42 Å². The minimum absolute atomic E-state index is 1.12. The van der Waals surface area contributed by atoms with Gasteiger partial charge in [0.25, 0.3) is 5.55 Å². The molecule has 1 aromatic rings. The third kappa shape index (κ3) is 5.80. The Labute approximate surface area is 134 Å². The number of aryl methyl sites for hydroxylation is 1. The Balaban J connectivity index is 1.50. The summed E-state index contributed by atoms with van der Waals surface area (Å²) < 4.78 is 0. The Morgan fingerprint density at radius 2 is 1.57 bits per heavy atom. The molecule has 0 N–H and O–H groups in total. The van der Waals surface area contributed by atoms with Crippen LogP contribution in [0.3, 0.4) is 0 Å². The van der Waals surface area contributed by atoms with Crippen LogP contribution >= 0.6 is 11.8 Å². The monoisotopic (exact) mass is 302 g/mol. The molecular formula is C19H28NS+. The maximum atomic E-state index is 4.27. The minimum atomic E-state index is 1.12. The first-order valence-electron chi connectivity index (χ1n) is 8.66. The Morgan fingerprint density at radius 3 is 2.29 bits per heavy atom. The summed E-state index contributed by atoms with van der Waals surface area (Å²) >= 11 is 1.66. The van der Waals surface area contributed by atoms with Gasteiger partial charge in [0.15, 0.2) is 4.90 Å². The van der Waals surface area contributed by atoms with Crippen molar-refractivity contribution in [2.45, 2.75) is 82.4 Å². The zero-order valence-corrected chi connectivity index (χ0v) is 14.2. The summed E-state index contributed by atoms with van der Waals surface area (Å²) in [5, 5.41) is 0. The van der Waals surface area contributed by atoms with Gasteiger partial charge >= 0.3 is 0 Å². The molecule has 0 saturated carbocycles. The average molecular weight is 303 g/mol. The highest BCUT2D eigenvalue weighted by Crippen LogP contribution is 2.37. The summed E-state index contributed by atoms with van der Waals surface area (Å²) in [5.41, 5.74) is 5.59. The number of hydrogen-bond donors (Lipinski definition) is 0. The molecule has 2 rings (SSSR count). The van der Waals surface area contributed by atoms with E-state index < -0.39 is 0 Å². The Hall–Kier alpha value is -0.850. The maximum absolute atomic E-state index is 4.27. The number of thioether (sulfide) groups is 1. The van der Waals surface area contributed by atoms with E-state index in [0.717, 1.165) is 5.69 Å². The molecule has 1 aliphatic heterocycles. The third-order valence-electron chi connectivity index (χ3n) is 4.19. The highest BCUT2D eigenvalue weighted by atomic mass is 32.2. The molecule has 0 saturated heterocycles. The molecule has 1 heterocycles. The van der Waals surface area contributed by atoms with Gasteiger partial charge in [0.2, 0.25) is 5.69 Å². The molecule has 1 aliphatic rings. The second kappa shape index (κ2) is 9.97. The van der Waals surface area contributed by atoms with Crippen LogP contribution in [-0.4, -0.2) is 5.55 Å². The van der Waals surface area contributed by atoms with E-state index >= 15 is 0 Å². The van der Waals surface area contributed by atoms with Crippen molar-refractivity contribution < 1.29 is 0 Å². The zero-order valence-electron chi connectivity index (χ0n) is 13.4. The quantitative estimate of drug-likeness (QED) is 0.324. The molecule has 114 valence electrons. The van der Waals surface area contributed by atoms with Gasteiger partial charge in [-0.15, -0.1) is 0 Å². The van der Waals surface area contributed by atoms with Crippen LogP contribution in [0, 0.1) is 0 Å². The van der Waals surface area contributed by atoms with Crippen molar-refractivity contribution in [3.63, 3.8) is 0 Å². The van der Waals surface area contributed by atoms with Gasteiger partial charge in [0.1, 0.15) is 11.8 Å². The van der Waals surface area contributed by atoms with Crippen LogP contribution in [0.25, 0.3) is 0 Å². The molecular weight excluding hydrogens is 274 g/mol. The van der Waals surface area contributed by atoms with E-state index in [-0.39, 0.29) is 0 Å². The number of fused-ring (bicyclic) bond motifs is 1. The second-order valence-electron chi connectivity index (χ2n) is 6.00. The number of aliphatic imine (C=N–C) groups is 1. The summed E-state index contributed by atoms with van der Waals surface area (Å²) in [6.07, 6.45) is 15.2. The molecule has 0 spiro atoms. The van der Waals surface area contributed by atoms with Crippen LogP contribution in [0.5, 0.6) is 0 Å². The average Bonchev–Trinajstić information content (AvgIpc) is 2.98. The van der Waals surface area contributed by atoms with E-state index in [1.807, 2.05) is 0 Å². The van der Waals surface area contributed by atoms with Crippen molar-refractivity contribution in [2.24, 2.45) is 4.99 Å². The fourth-order valence-electron chi connectivity index (χ4n) is 2.89. The minimum Gasteiger partial charge on any atom is -0.0654 e. The Bertz CT molecular complexity index is 439. The van der Waals surface area contributed by atoms with Crippen LogP contribution in [0.15, 0.2) is 28.1 Å². The first-order valence-corrected chi connectivity index (χ1v) is 9.48. The zero-order chi connectivity index (χ0) is 14.8. The highest BCUT2D eigenvalue weighted by Gasteiger charge is 2.22. The summed E-state index contributed by atoms with van der Waals surface area (Å²) in [6, 6.07) is 6.47. The molecule has 1 nitrogen and oxygen atoms in total. The fraction of sp³-hybridized carbons (Fsp3) is 0.632. The molecule has 0 aromatic heterocycles. The smallest absolute Gasteiger partial charge is 0.0654 e. The van der Waals surface area contributed by atoms with Crippen molar-refractivity contribution in [3.8, 4) is 0 Å². The van der Waals surface area contributed by atoms with Crippen LogP contribution in [0.2, 0.25) is 0 Å². The molecule has 1 aromatic carbocycles. The number of nitrogens with zero attached hydrogens (tertiary/aromatic N) is 1. The summed E-state index contributed by atoms with van der Waals surface area (Å²) in [6.45, 7) is 2.28. The van der Waals surface area contributed by atoms with Gasteiger partial charge in [-0.2, -0.15) is 0 Å². The maximum Gasteiger partial charge on any atom is 0.272 e. The van der Waals surface area contributed by atoms with Crippen LogP contribution in [0.1, 0.15) is 76.7 Å². The van der Waals surface area contributed by atoms with E-state index in [0.29, 0.717) is 0 Å². The lowest BCUT2D eigenvalue weighted by atomic mass is 10.0. The number of hydrogen-bond acceptors (Lipinski definition) is 2. The third-order valence-corrected chi connectivity index (χ3v) is 5.05. The van der Waals surface area contributed by atoms with Gasteiger partial charge in [-0.05, 0) is 24.5 Å². The van der Waals surface area contributed by atoms with Gasteiger partial charge in [-0.3, -0.25) is 0 Å². The Kier molecular flexibility index (Phi) is 7.85. The van der Waals surface area contributed by atoms with Gasteiger partial charge in [0.05, 0.1) is 6.07 Å². The van der Waals surface area contributed by atoms with Crippen molar-refractivity contribution in [1.82, 2.24) is 0 Å². The summed E-state index contributed by atoms with van der Waals surface area (Å²) in [5.74, 6) is 0. The molecule has 0 bridgehead atoms. The number of rotatable bonds is 11. The number of unbranched alkanes of at least 4 members (excludes halogenated alkanes) is 9. The van der Waals surface area contributed by atoms with Crippen LogP contribution in [0.4, 0.5) is 5.69 Å². The standard InChI is InChI=1S/C19H28NS/c1-2-3-4-5-6-7-8-9-10-11-13-17-14-12-15-18-19(17)21-16-20-18/h12,14-15H,2-11,13H2,1H3/q+1. The predicted octanol–water partition coefficient (Wildman–Crippen LogP) is 6.79. The lowest BCUT2D eigenvalue weighted by Crippen LogP contribution is -1.89. The summed E-state index contributed by atoms with van der Waals surface area (Å²) in [7, 11) is 0. The summed E-state index contributed by atoms with van der Waals surface area (Å²) in [4.78, 5) is 5.61. The predicted molar refractivity (Wildman–Crippen MR) is 94.9 cm³/mol. The molecule has 0 fully saturated rings. The van der Waals surface area contributed by atoms with Gasteiger partial charge < -0.3 is 0 Å². The molecule has 0 amide bonds. The van der Waals surface area contributed by atoms with E-state index in [4.69, 9.17) is 0 Å². The molecule has 0 radical (unpaired) electrons. The Morgan fingerprint density at radius 1 is 0.905 bits per heavy atom.